The van der Waals surface area contributed by atoms with Gasteiger partial charge >= 0.3 is 6.18 Å². The number of fused-ring (bicyclic) bond motifs is 1. The van der Waals surface area contributed by atoms with Crippen molar-refractivity contribution >= 4 is 11.9 Å². The highest BCUT2D eigenvalue weighted by molar-refractivity contribution is 6.14. The van der Waals surface area contributed by atoms with Gasteiger partial charge in [0.05, 0.1) is 11.1 Å². The van der Waals surface area contributed by atoms with Crippen molar-refractivity contribution in [2.75, 3.05) is 0 Å². The summed E-state index contributed by atoms with van der Waals surface area (Å²) in [5.41, 5.74) is 1.08. The second kappa shape index (κ2) is 7.47. The lowest BCUT2D eigenvalue weighted by molar-refractivity contribution is -0.137. The molecule has 29 heavy (non-hydrogen) atoms. The third-order valence-electron chi connectivity index (χ3n) is 4.43. The van der Waals surface area contributed by atoms with Crippen LogP contribution in [-0.2, 0) is 12.8 Å². The number of ketones is 1. The molecule has 0 radical (unpaired) electrons. The van der Waals surface area contributed by atoms with E-state index in [0.717, 1.165) is 17.7 Å². The van der Waals surface area contributed by atoms with Crippen LogP contribution >= 0.6 is 0 Å². The Bertz CT molecular complexity index is 1070. The highest BCUT2D eigenvalue weighted by atomic mass is 19.4. The SMILES string of the molecule is O=C1/C(=C\c2ccc(C(F)(F)F)cc2)Oc2cc(OCc3ccccc3)ccc21. The summed E-state index contributed by atoms with van der Waals surface area (Å²) in [6.45, 7) is 0.377. The molecule has 3 aromatic rings. The van der Waals surface area contributed by atoms with E-state index in [9.17, 15) is 18.0 Å². The fourth-order valence-electron chi connectivity index (χ4n) is 2.92. The average Bonchev–Trinajstić information content (AvgIpc) is 3.02. The van der Waals surface area contributed by atoms with Crippen molar-refractivity contribution in [2.24, 2.45) is 0 Å². The van der Waals surface area contributed by atoms with Gasteiger partial charge in [-0.25, -0.2) is 0 Å². The largest absolute Gasteiger partial charge is 0.489 e. The summed E-state index contributed by atoms with van der Waals surface area (Å²) in [7, 11) is 0. The van der Waals surface area contributed by atoms with E-state index in [2.05, 4.69) is 0 Å². The predicted octanol–water partition coefficient (Wildman–Crippen LogP) is 5.90. The molecule has 0 aromatic heterocycles. The molecular formula is C23H15F3O3. The van der Waals surface area contributed by atoms with Crippen molar-refractivity contribution in [1.29, 1.82) is 0 Å². The van der Waals surface area contributed by atoms with Crippen LogP contribution in [0.1, 0.15) is 27.0 Å². The lowest BCUT2D eigenvalue weighted by Gasteiger charge is -2.07. The van der Waals surface area contributed by atoms with E-state index in [4.69, 9.17) is 9.47 Å². The van der Waals surface area contributed by atoms with E-state index in [1.807, 2.05) is 30.3 Å². The van der Waals surface area contributed by atoms with Gasteiger partial charge in [-0.05, 0) is 41.5 Å². The number of hydrogen-bond donors (Lipinski definition) is 0. The second-order valence-electron chi connectivity index (χ2n) is 6.49. The minimum Gasteiger partial charge on any atom is -0.489 e. The number of ether oxygens (including phenoxy) is 2. The van der Waals surface area contributed by atoms with Gasteiger partial charge in [0.2, 0.25) is 5.78 Å². The number of alkyl halides is 3. The summed E-state index contributed by atoms with van der Waals surface area (Å²) in [6.07, 6.45) is -2.98. The van der Waals surface area contributed by atoms with Gasteiger partial charge in [-0.15, -0.1) is 0 Å². The average molecular weight is 396 g/mol. The van der Waals surface area contributed by atoms with Gasteiger partial charge in [0.25, 0.3) is 0 Å². The quantitative estimate of drug-likeness (QED) is 0.515. The third kappa shape index (κ3) is 4.16. The van der Waals surface area contributed by atoms with Crippen molar-refractivity contribution in [2.45, 2.75) is 12.8 Å². The molecule has 0 atom stereocenters. The highest BCUT2D eigenvalue weighted by Gasteiger charge is 2.30. The molecule has 4 rings (SSSR count). The highest BCUT2D eigenvalue weighted by Crippen LogP contribution is 2.35. The minimum atomic E-state index is -4.41. The van der Waals surface area contributed by atoms with Crippen molar-refractivity contribution in [3.8, 4) is 11.5 Å². The van der Waals surface area contributed by atoms with Crippen LogP contribution in [-0.4, -0.2) is 5.78 Å². The van der Waals surface area contributed by atoms with Gasteiger partial charge in [0.15, 0.2) is 5.76 Å². The van der Waals surface area contributed by atoms with Crippen LogP contribution < -0.4 is 9.47 Å². The molecule has 0 aliphatic carbocycles. The molecule has 0 saturated heterocycles. The van der Waals surface area contributed by atoms with E-state index in [0.29, 0.717) is 29.2 Å². The van der Waals surface area contributed by atoms with Gasteiger partial charge in [-0.1, -0.05) is 42.5 Å². The zero-order valence-electron chi connectivity index (χ0n) is 15.1. The summed E-state index contributed by atoms with van der Waals surface area (Å²) >= 11 is 0. The summed E-state index contributed by atoms with van der Waals surface area (Å²) in [5, 5.41) is 0. The maximum atomic E-state index is 12.7. The normalized spacial score (nSPS) is 14.6. The predicted molar refractivity (Wildman–Crippen MR) is 102 cm³/mol. The summed E-state index contributed by atoms with van der Waals surface area (Å²) in [6, 6.07) is 19.1. The van der Waals surface area contributed by atoms with E-state index in [-0.39, 0.29) is 11.5 Å². The molecule has 0 amide bonds. The third-order valence-corrected chi connectivity index (χ3v) is 4.43. The Kier molecular flexibility index (Phi) is 4.84. The Morgan fingerprint density at radius 1 is 0.931 bits per heavy atom. The van der Waals surface area contributed by atoms with Gasteiger partial charge < -0.3 is 9.47 Å². The molecule has 3 aromatic carbocycles. The van der Waals surface area contributed by atoms with Crippen molar-refractivity contribution in [3.63, 3.8) is 0 Å². The molecule has 1 heterocycles. The first-order valence-corrected chi connectivity index (χ1v) is 8.82. The second-order valence-corrected chi connectivity index (χ2v) is 6.49. The standard InChI is InChI=1S/C23H15F3O3/c24-23(25,26)17-8-6-15(7-9-17)12-21-22(27)19-11-10-18(13-20(19)29-21)28-14-16-4-2-1-3-5-16/h1-13H,14H2/b21-12+. The fourth-order valence-corrected chi connectivity index (χ4v) is 2.92. The van der Waals surface area contributed by atoms with Crippen molar-refractivity contribution < 1.29 is 27.4 Å². The Balaban J connectivity index is 1.50. The molecule has 0 N–H and O–H groups in total. The Morgan fingerprint density at radius 2 is 1.66 bits per heavy atom. The molecule has 6 heteroatoms. The molecule has 0 bridgehead atoms. The monoisotopic (exact) mass is 396 g/mol. The lowest BCUT2D eigenvalue weighted by Crippen LogP contribution is -2.04. The zero-order valence-corrected chi connectivity index (χ0v) is 15.1. The number of Topliss-reactive ketones (excluding diaryl/α,β-unsaturated/α-hetero) is 1. The number of carbonyl (C=O) groups is 1. The number of allylic oxidation sites excluding steroid dienone is 1. The molecule has 1 aliphatic heterocycles. The van der Waals surface area contributed by atoms with Crippen LogP contribution in [0.15, 0.2) is 78.6 Å². The van der Waals surface area contributed by atoms with Crippen molar-refractivity contribution in [1.82, 2.24) is 0 Å². The maximum Gasteiger partial charge on any atom is 0.416 e. The smallest absolute Gasteiger partial charge is 0.416 e. The summed E-state index contributed by atoms with van der Waals surface area (Å²) in [4.78, 5) is 12.5. The summed E-state index contributed by atoms with van der Waals surface area (Å²) < 4.78 is 49.4. The Labute approximate surface area is 165 Å². The van der Waals surface area contributed by atoms with E-state index in [1.54, 1.807) is 18.2 Å². The first-order valence-electron chi connectivity index (χ1n) is 8.82. The van der Waals surface area contributed by atoms with Crippen LogP contribution in [0.4, 0.5) is 13.2 Å². The molecule has 1 aliphatic rings. The Morgan fingerprint density at radius 3 is 2.34 bits per heavy atom. The van der Waals surface area contributed by atoms with Gasteiger partial charge in [-0.3, -0.25) is 4.79 Å². The number of hydrogen-bond acceptors (Lipinski definition) is 3. The van der Waals surface area contributed by atoms with Gasteiger partial charge in [0, 0.05) is 6.07 Å². The van der Waals surface area contributed by atoms with Gasteiger partial charge in [-0.2, -0.15) is 13.2 Å². The molecule has 0 spiro atoms. The minimum absolute atomic E-state index is 0.0555. The Hall–Kier alpha value is -3.54. The van der Waals surface area contributed by atoms with Crippen LogP contribution in [0.3, 0.4) is 0 Å². The molecule has 0 fully saturated rings. The topological polar surface area (TPSA) is 35.5 Å². The number of rotatable bonds is 4. The van der Waals surface area contributed by atoms with Crippen LogP contribution in [0.2, 0.25) is 0 Å². The first kappa shape index (κ1) is 18.8. The first-order chi connectivity index (χ1) is 13.9. The molecule has 146 valence electrons. The number of carbonyl (C=O) groups excluding carboxylic acids is 1. The van der Waals surface area contributed by atoms with Gasteiger partial charge in [0.1, 0.15) is 18.1 Å². The molecule has 0 unspecified atom stereocenters. The van der Waals surface area contributed by atoms with Crippen molar-refractivity contribution in [3.05, 3.63) is 101 Å². The van der Waals surface area contributed by atoms with E-state index < -0.39 is 11.7 Å². The zero-order chi connectivity index (χ0) is 20.4. The fraction of sp³-hybridized carbons (Fsp3) is 0.0870. The molecule has 0 saturated carbocycles. The molecular weight excluding hydrogens is 381 g/mol. The van der Waals surface area contributed by atoms with Crippen LogP contribution in [0, 0.1) is 0 Å². The maximum absolute atomic E-state index is 12.7. The number of halogens is 3. The van der Waals surface area contributed by atoms with E-state index >= 15 is 0 Å². The number of benzene rings is 3. The molecule has 3 nitrogen and oxygen atoms in total. The summed E-state index contributed by atoms with van der Waals surface area (Å²) in [5.74, 6) is 0.643. The lowest BCUT2D eigenvalue weighted by atomic mass is 10.1. The van der Waals surface area contributed by atoms with Crippen LogP contribution in [0.5, 0.6) is 11.5 Å². The van der Waals surface area contributed by atoms with Crippen LogP contribution in [0.25, 0.3) is 6.08 Å². The van der Waals surface area contributed by atoms with E-state index in [1.165, 1.54) is 18.2 Å².